The van der Waals surface area contributed by atoms with E-state index in [1.54, 1.807) is 0 Å². The van der Waals surface area contributed by atoms with Crippen molar-refractivity contribution in [3.05, 3.63) is 35.4 Å². The molecule has 0 aliphatic carbocycles. The molecule has 1 aromatic rings. The molecule has 1 N–H and O–H groups in total. The van der Waals surface area contributed by atoms with Gasteiger partial charge in [-0.05, 0) is 70.8 Å². The number of nitrogens with zero attached hydrogens (tertiary/aromatic N) is 2. The third kappa shape index (κ3) is 4.56. The Labute approximate surface area is 129 Å². The molecule has 0 radical (unpaired) electrons. The highest BCUT2D eigenvalue weighted by molar-refractivity contribution is 5.32. The van der Waals surface area contributed by atoms with Crippen LogP contribution in [0.5, 0.6) is 0 Å². The van der Waals surface area contributed by atoms with E-state index in [0.29, 0.717) is 18.1 Å². The van der Waals surface area contributed by atoms with E-state index in [1.165, 1.54) is 37.9 Å². The minimum Gasteiger partial charge on any atom is -0.307 e. The lowest BCUT2D eigenvalue weighted by Crippen LogP contribution is -2.34. The van der Waals surface area contributed by atoms with E-state index in [9.17, 15) is 0 Å². The van der Waals surface area contributed by atoms with Crippen LogP contribution in [0, 0.1) is 11.3 Å². The second-order valence-electron chi connectivity index (χ2n) is 6.38. The monoisotopic (exact) mass is 285 g/mol. The lowest BCUT2D eigenvalue weighted by molar-refractivity contribution is 0.228. The zero-order valence-electron chi connectivity index (χ0n) is 13.5. The van der Waals surface area contributed by atoms with Crippen LogP contribution in [0.25, 0.3) is 0 Å². The van der Waals surface area contributed by atoms with Crippen LogP contribution < -0.4 is 5.32 Å². The van der Waals surface area contributed by atoms with Crippen LogP contribution in [0.4, 0.5) is 0 Å². The van der Waals surface area contributed by atoms with E-state index < -0.39 is 0 Å². The molecule has 0 bridgehead atoms. The number of hydrogen-bond donors (Lipinski definition) is 1. The van der Waals surface area contributed by atoms with E-state index >= 15 is 0 Å². The zero-order valence-corrected chi connectivity index (χ0v) is 13.5. The van der Waals surface area contributed by atoms with Crippen LogP contribution in [0.2, 0.25) is 0 Å². The maximum atomic E-state index is 8.86. The average Bonchev–Trinajstić information content (AvgIpc) is 2.73. The maximum absolute atomic E-state index is 8.86. The average molecular weight is 285 g/mol. The summed E-state index contributed by atoms with van der Waals surface area (Å²) >= 11 is 0. The van der Waals surface area contributed by atoms with Gasteiger partial charge in [0.15, 0.2) is 0 Å². The first-order valence-corrected chi connectivity index (χ1v) is 8.10. The standard InChI is InChI=1S/C18H27N3/c1-14(2)21-11-4-5-18(10-12-21)20-15(3)17-8-6-16(13-19)7-9-17/h6-9,14-15,18,20H,4-5,10-12H2,1-3H3. The van der Waals surface area contributed by atoms with Gasteiger partial charge in [-0.2, -0.15) is 5.26 Å². The molecule has 0 spiro atoms. The van der Waals surface area contributed by atoms with Gasteiger partial charge in [0.25, 0.3) is 0 Å². The first-order chi connectivity index (χ1) is 10.1. The Morgan fingerprint density at radius 2 is 1.86 bits per heavy atom. The van der Waals surface area contributed by atoms with Gasteiger partial charge in [0.2, 0.25) is 0 Å². The van der Waals surface area contributed by atoms with Crippen LogP contribution in [0.3, 0.4) is 0 Å². The lowest BCUT2D eigenvalue weighted by atomic mass is 10.0. The van der Waals surface area contributed by atoms with Gasteiger partial charge in [0, 0.05) is 18.1 Å². The zero-order chi connectivity index (χ0) is 15.2. The summed E-state index contributed by atoms with van der Waals surface area (Å²) in [4.78, 5) is 2.58. The molecule has 3 nitrogen and oxygen atoms in total. The largest absolute Gasteiger partial charge is 0.307 e. The quantitative estimate of drug-likeness (QED) is 0.920. The number of benzene rings is 1. The molecule has 1 aliphatic heterocycles. The molecule has 2 atom stereocenters. The van der Waals surface area contributed by atoms with Crippen molar-refractivity contribution in [3.8, 4) is 6.07 Å². The smallest absolute Gasteiger partial charge is 0.0991 e. The minimum atomic E-state index is 0.341. The number of nitrogens with one attached hydrogen (secondary N) is 1. The van der Waals surface area contributed by atoms with Gasteiger partial charge in [-0.3, -0.25) is 0 Å². The lowest BCUT2D eigenvalue weighted by Gasteiger charge is -2.25. The van der Waals surface area contributed by atoms with E-state index in [0.717, 1.165) is 5.56 Å². The highest BCUT2D eigenvalue weighted by Crippen LogP contribution is 2.19. The molecule has 21 heavy (non-hydrogen) atoms. The summed E-state index contributed by atoms with van der Waals surface area (Å²) in [6, 6.07) is 11.7. The van der Waals surface area contributed by atoms with Crippen molar-refractivity contribution in [1.29, 1.82) is 5.26 Å². The summed E-state index contributed by atoms with van der Waals surface area (Å²) in [6.45, 7) is 9.20. The topological polar surface area (TPSA) is 39.1 Å². The molecule has 114 valence electrons. The molecule has 1 heterocycles. The second-order valence-corrected chi connectivity index (χ2v) is 6.38. The predicted molar refractivity (Wildman–Crippen MR) is 87.1 cm³/mol. The summed E-state index contributed by atoms with van der Waals surface area (Å²) in [5.74, 6) is 0. The third-order valence-electron chi connectivity index (χ3n) is 4.52. The van der Waals surface area contributed by atoms with Crippen molar-refractivity contribution >= 4 is 0 Å². The summed E-state index contributed by atoms with van der Waals surface area (Å²) in [5.41, 5.74) is 1.99. The summed E-state index contributed by atoms with van der Waals surface area (Å²) < 4.78 is 0. The molecule has 2 unspecified atom stereocenters. The molecule has 3 heteroatoms. The van der Waals surface area contributed by atoms with Crippen molar-refractivity contribution in [3.63, 3.8) is 0 Å². The Bertz CT molecular complexity index is 472. The summed E-state index contributed by atoms with van der Waals surface area (Å²) in [6.07, 6.45) is 3.75. The van der Waals surface area contributed by atoms with Gasteiger partial charge >= 0.3 is 0 Å². The number of rotatable bonds is 4. The van der Waals surface area contributed by atoms with Gasteiger partial charge in [0.1, 0.15) is 0 Å². The van der Waals surface area contributed by atoms with Crippen molar-refractivity contribution in [2.75, 3.05) is 13.1 Å². The molecule has 1 fully saturated rings. The summed E-state index contributed by atoms with van der Waals surface area (Å²) in [7, 11) is 0. The molecule has 0 amide bonds. The van der Waals surface area contributed by atoms with Gasteiger partial charge in [0.05, 0.1) is 11.6 Å². The molecule has 0 saturated carbocycles. The van der Waals surface area contributed by atoms with E-state index in [4.69, 9.17) is 5.26 Å². The van der Waals surface area contributed by atoms with Crippen LogP contribution in [0.15, 0.2) is 24.3 Å². The fourth-order valence-electron chi connectivity index (χ4n) is 3.10. The van der Waals surface area contributed by atoms with Crippen molar-refractivity contribution < 1.29 is 0 Å². The normalized spacial score (nSPS) is 21.8. The van der Waals surface area contributed by atoms with Crippen LogP contribution in [-0.4, -0.2) is 30.1 Å². The van der Waals surface area contributed by atoms with Crippen LogP contribution in [-0.2, 0) is 0 Å². The Balaban J connectivity index is 1.90. The molecular weight excluding hydrogens is 258 g/mol. The fourth-order valence-corrected chi connectivity index (χ4v) is 3.10. The minimum absolute atomic E-state index is 0.341. The van der Waals surface area contributed by atoms with Gasteiger partial charge in [-0.1, -0.05) is 12.1 Å². The Morgan fingerprint density at radius 1 is 1.14 bits per heavy atom. The molecule has 1 aromatic carbocycles. The SMILES string of the molecule is CC(NC1CCCN(C(C)C)CC1)c1ccc(C#N)cc1. The first-order valence-electron chi connectivity index (χ1n) is 8.10. The van der Waals surface area contributed by atoms with Crippen molar-refractivity contribution in [1.82, 2.24) is 10.2 Å². The van der Waals surface area contributed by atoms with E-state index in [-0.39, 0.29) is 0 Å². The maximum Gasteiger partial charge on any atom is 0.0991 e. The third-order valence-corrected chi connectivity index (χ3v) is 4.52. The Kier molecular flexibility index (Phi) is 5.78. The van der Waals surface area contributed by atoms with Gasteiger partial charge in [-0.15, -0.1) is 0 Å². The Morgan fingerprint density at radius 3 is 2.48 bits per heavy atom. The number of nitriles is 1. The number of hydrogen-bond acceptors (Lipinski definition) is 3. The van der Waals surface area contributed by atoms with Gasteiger partial charge < -0.3 is 10.2 Å². The molecule has 1 saturated heterocycles. The summed E-state index contributed by atoms with van der Waals surface area (Å²) in [5, 5.41) is 12.6. The second kappa shape index (κ2) is 7.59. The van der Waals surface area contributed by atoms with E-state index in [1.807, 2.05) is 12.1 Å². The van der Waals surface area contributed by atoms with Crippen LogP contribution in [0.1, 0.15) is 57.2 Å². The van der Waals surface area contributed by atoms with E-state index in [2.05, 4.69) is 49.2 Å². The Hall–Kier alpha value is -1.37. The number of likely N-dealkylation sites (tertiary alicyclic amines) is 1. The fraction of sp³-hybridized carbons (Fsp3) is 0.611. The highest BCUT2D eigenvalue weighted by atomic mass is 15.1. The van der Waals surface area contributed by atoms with Crippen molar-refractivity contribution in [2.24, 2.45) is 0 Å². The molecular formula is C18H27N3. The molecule has 2 rings (SSSR count). The van der Waals surface area contributed by atoms with Crippen LogP contribution >= 0.6 is 0 Å². The first kappa shape index (κ1) is 16.0. The highest BCUT2D eigenvalue weighted by Gasteiger charge is 2.20. The van der Waals surface area contributed by atoms with Gasteiger partial charge in [-0.25, -0.2) is 0 Å². The molecule has 0 aromatic heterocycles. The van der Waals surface area contributed by atoms with Crippen molar-refractivity contribution in [2.45, 2.75) is 58.2 Å². The predicted octanol–water partition coefficient (Wildman–Crippen LogP) is 3.47. The molecule has 1 aliphatic rings.